The van der Waals surface area contributed by atoms with E-state index in [0.29, 0.717) is 10.6 Å². The first-order valence-corrected chi connectivity index (χ1v) is 6.29. The van der Waals surface area contributed by atoms with E-state index < -0.39 is 17.7 Å². The maximum absolute atomic E-state index is 14.0. The minimum Gasteiger partial charge on any atom is -0.309 e. The van der Waals surface area contributed by atoms with E-state index in [0.717, 1.165) is 5.56 Å². The summed E-state index contributed by atoms with van der Waals surface area (Å²) in [5.41, 5.74) is 1.35. The molecule has 19 heavy (non-hydrogen) atoms. The summed E-state index contributed by atoms with van der Waals surface area (Å²) >= 11 is 5.93. The van der Waals surface area contributed by atoms with Crippen LogP contribution in [0, 0.1) is 18.6 Å². The molecule has 0 aromatic heterocycles. The zero-order chi connectivity index (χ0) is 14.0. The van der Waals surface area contributed by atoms with Gasteiger partial charge in [-0.2, -0.15) is 0 Å². The van der Waals surface area contributed by atoms with Crippen LogP contribution in [-0.4, -0.2) is 7.05 Å². The van der Waals surface area contributed by atoms with Crippen LogP contribution in [0.25, 0.3) is 0 Å². The number of hydrogen-bond acceptors (Lipinski definition) is 1. The summed E-state index contributed by atoms with van der Waals surface area (Å²) in [5, 5.41) is 3.54. The lowest BCUT2D eigenvalue weighted by atomic mass is 9.97. The van der Waals surface area contributed by atoms with E-state index in [9.17, 15) is 8.78 Å². The number of hydrogen-bond donors (Lipinski definition) is 1. The lowest BCUT2D eigenvalue weighted by molar-refractivity contribution is 0.482. The molecule has 1 unspecified atom stereocenters. The van der Waals surface area contributed by atoms with Crippen molar-refractivity contribution in [2.45, 2.75) is 13.0 Å². The monoisotopic (exact) mass is 281 g/mol. The molecule has 0 fully saturated rings. The maximum Gasteiger partial charge on any atom is 0.164 e. The van der Waals surface area contributed by atoms with E-state index in [4.69, 9.17) is 11.6 Å². The molecule has 0 heterocycles. The fourth-order valence-corrected chi connectivity index (χ4v) is 2.27. The van der Waals surface area contributed by atoms with Gasteiger partial charge in [0.05, 0.1) is 6.04 Å². The zero-order valence-electron chi connectivity index (χ0n) is 10.7. The summed E-state index contributed by atoms with van der Waals surface area (Å²) in [5.74, 6) is -1.63. The fraction of sp³-hybridized carbons (Fsp3) is 0.200. The number of benzene rings is 2. The second kappa shape index (κ2) is 5.68. The molecule has 100 valence electrons. The van der Waals surface area contributed by atoms with Gasteiger partial charge in [0.25, 0.3) is 0 Å². The van der Waals surface area contributed by atoms with Gasteiger partial charge in [-0.05, 0) is 37.2 Å². The van der Waals surface area contributed by atoms with Gasteiger partial charge in [-0.15, -0.1) is 0 Å². The van der Waals surface area contributed by atoms with Crippen LogP contribution in [0.3, 0.4) is 0 Å². The summed E-state index contributed by atoms with van der Waals surface area (Å²) in [7, 11) is 1.70. The highest BCUT2D eigenvalue weighted by Gasteiger charge is 2.19. The summed E-state index contributed by atoms with van der Waals surface area (Å²) in [6.07, 6.45) is 0. The molecule has 0 aliphatic rings. The van der Waals surface area contributed by atoms with Crippen LogP contribution in [0.2, 0.25) is 5.02 Å². The van der Waals surface area contributed by atoms with E-state index in [1.54, 1.807) is 37.4 Å². The van der Waals surface area contributed by atoms with Crippen molar-refractivity contribution >= 4 is 11.6 Å². The molecule has 4 heteroatoms. The smallest absolute Gasteiger partial charge is 0.164 e. The van der Waals surface area contributed by atoms with Crippen molar-refractivity contribution in [3.8, 4) is 0 Å². The molecule has 0 radical (unpaired) electrons. The largest absolute Gasteiger partial charge is 0.309 e. The lowest BCUT2D eigenvalue weighted by Gasteiger charge is -2.19. The van der Waals surface area contributed by atoms with Crippen LogP contribution < -0.4 is 5.32 Å². The Bertz CT molecular complexity index is 599. The molecule has 0 saturated carbocycles. The average molecular weight is 282 g/mol. The van der Waals surface area contributed by atoms with Crippen molar-refractivity contribution in [2.24, 2.45) is 0 Å². The third-order valence-corrected chi connectivity index (χ3v) is 3.32. The highest BCUT2D eigenvalue weighted by molar-refractivity contribution is 6.30. The molecular weight excluding hydrogens is 268 g/mol. The Morgan fingerprint density at radius 2 is 1.84 bits per heavy atom. The predicted molar refractivity (Wildman–Crippen MR) is 73.4 cm³/mol. The third kappa shape index (κ3) is 2.77. The van der Waals surface area contributed by atoms with Gasteiger partial charge in [0.15, 0.2) is 11.6 Å². The van der Waals surface area contributed by atoms with Crippen molar-refractivity contribution in [1.82, 2.24) is 5.32 Å². The Balaban J connectivity index is 2.51. The SMILES string of the molecule is CNC(c1cccc(Cl)c1)c1ccc(C)c(F)c1F. The molecular formula is C15H14ClF2N. The van der Waals surface area contributed by atoms with Crippen molar-refractivity contribution in [1.29, 1.82) is 0 Å². The van der Waals surface area contributed by atoms with Gasteiger partial charge in [-0.3, -0.25) is 0 Å². The lowest BCUT2D eigenvalue weighted by Crippen LogP contribution is -2.19. The molecule has 0 aliphatic heterocycles. The molecule has 1 atom stereocenters. The van der Waals surface area contributed by atoms with Crippen LogP contribution in [-0.2, 0) is 0 Å². The predicted octanol–water partition coefficient (Wildman–Crippen LogP) is 4.24. The van der Waals surface area contributed by atoms with Crippen LogP contribution in [0.15, 0.2) is 36.4 Å². The Labute approximate surface area is 116 Å². The molecule has 2 aromatic rings. The Morgan fingerprint density at radius 1 is 1.11 bits per heavy atom. The van der Waals surface area contributed by atoms with E-state index in [-0.39, 0.29) is 5.56 Å². The average Bonchev–Trinajstić information content (AvgIpc) is 2.40. The van der Waals surface area contributed by atoms with Gasteiger partial charge < -0.3 is 5.32 Å². The summed E-state index contributed by atoms with van der Waals surface area (Å²) in [6.45, 7) is 1.54. The molecule has 2 aromatic carbocycles. The standard InChI is InChI=1S/C15H14ClF2N/c1-9-6-7-12(14(18)13(9)17)15(19-2)10-4-3-5-11(16)8-10/h3-8,15,19H,1-2H3. The number of halogens is 3. The van der Waals surface area contributed by atoms with Gasteiger partial charge in [0.1, 0.15) is 0 Å². The quantitative estimate of drug-likeness (QED) is 0.887. The summed E-state index contributed by atoms with van der Waals surface area (Å²) in [6, 6.07) is 9.81. The van der Waals surface area contributed by atoms with E-state index >= 15 is 0 Å². The highest BCUT2D eigenvalue weighted by atomic mass is 35.5. The van der Waals surface area contributed by atoms with E-state index in [2.05, 4.69) is 5.32 Å². The first kappa shape index (κ1) is 14.0. The van der Waals surface area contributed by atoms with Crippen molar-refractivity contribution in [3.63, 3.8) is 0 Å². The summed E-state index contributed by atoms with van der Waals surface area (Å²) < 4.78 is 27.7. The van der Waals surface area contributed by atoms with Crippen LogP contribution >= 0.6 is 11.6 Å². The fourth-order valence-electron chi connectivity index (χ4n) is 2.07. The van der Waals surface area contributed by atoms with Crippen LogP contribution in [0.5, 0.6) is 0 Å². The third-order valence-electron chi connectivity index (χ3n) is 3.09. The Kier molecular flexibility index (Phi) is 4.17. The molecule has 0 aliphatic carbocycles. The van der Waals surface area contributed by atoms with Crippen molar-refractivity contribution < 1.29 is 8.78 Å². The topological polar surface area (TPSA) is 12.0 Å². The molecule has 2 rings (SSSR count). The van der Waals surface area contributed by atoms with Crippen LogP contribution in [0.4, 0.5) is 8.78 Å². The van der Waals surface area contributed by atoms with Gasteiger partial charge in [-0.1, -0.05) is 35.9 Å². The second-order valence-corrected chi connectivity index (χ2v) is 4.81. The maximum atomic E-state index is 14.0. The molecule has 0 saturated heterocycles. The second-order valence-electron chi connectivity index (χ2n) is 4.38. The first-order valence-electron chi connectivity index (χ1n) is 5.92. The van der Waals surface area contributed by atoms with Crippen LogP contribution in [0.1, 0.15) is 22.7 Å². The summed E-state index contributed by atoms with van der Waals surface area (Å²) in [4.78, 5) is 0. The highest BCUT2D eigenvalue weighted by Crippen LogP contribution is 2.28. The Morgan fingerprint density at radius 3 is 2.47 bits per heavy atom. The molecule has 0 spiro atoms. The minimum absolute atomic E-state index is 0.271. The number of nitrogens with one attached hydrogen (secondary N) is 1. The van der Waals surface area contributed by atoms with Crippen molar-refractivity contribution in [2.75, 3.05) is 7.05 Å². The van der Waals surface area contributed by atoms with Crippen molar-refractivity contribution in [3.05, 3.63) is 69.7 Å². The molecule has 1 N–H and O–H groups in total. The van der Waals surface area contributed by atoms with Gasteiger partial charge in [0, 0.05) is 10.6 Å². The molecule has 0 bridgehead atoms. The number of rotatable bonds is 3. The molecule has 0 amide bonds. The minimum atomic E-state index is -0.820. The first-order chi connectivity index (χ1) is 9.04. The Hall–Kier alpha value is -1.45. The van der Waals surface area contributed by atoms with Gasteiger partial charge >= 0.3 is 0 Å². The molecule has 1 nitrogen and oxygen atoms in total. The van der Waals surface area contributed by atoms with E-state index in [1.807, 2.05) is 6.07 Å². The number of aryl methyl sites for hydroxylation is 1. The van der Waals surface area contributed by atoms with Gasteiger partial charge in [-0.25, -0.2) is 8.78 Å². The normalized spacial score (nSPS) is 12.5. The zero-order valence-corrected chi connectivity index (χ0v) is 11.4. The van der Waals surface area contributed by atoms with E-state index in [1.165, 1.54) is 6.92 Å². The van der Waals surface area contributed by atoms with Gasteiger partial charge in [0.2, 0.25) is 0 Å².